The highest BCUT2D eigenvalue weighted by molar-refractivity contribution is 5.98. The largest absolute Gasteiger partial charge is 0.480 e. The summed E-state index contributed by atoms with van der Waals surface area (Å²) >= 11 is 0. The molecule has 0 saturated carbocycles. The van der Waals surface area contributed by atoms with Crippen molar-refractivity contribution in [2.75, 3.05) is 13.1 Å². The van der Waals surface area contributed by atoms with Crippen LogP contribution in [0.2, 0.25) is 0 Å². The number of Topliss-reactive ketones (excluding diaryl/α,β-unsaturated/α-hetero) is 1. The number of aliphatic carboxylic acids is 1. The fourth-order valence-corrected chi connectivity index (χ4v) is 3.05. The van der Waals surface area contributed by atoms with Gasteiger partial charge in [-0.15, -0.1) is 0 Å². The molecule has 4 nitrogen and oxygen atoms in total. The average Bonchev–Trinajstić information content (AvgIpc) is 2.52. The van der Waals surface area contributed by atoms with Gasteiger partial charge in [-0.2, -0.15) is 0 Å². The minimum absolute atomic E-state index is 0.0407. The summed E-state index contributed by atoms with van der Waals surface area (Å²) < 4.78 is 0. The van der Waals surface area contributed by atoms with Gasteiger partial charge in [0.25, 0.3) is 0 Å². The molecule has 126 valence electrons. The van der Waals surface area contributed by atoms with Crippen LogP contribution in [-0.4, -0.2) is 40.9 Å². The zero-order valence-corrected chi connectivity index (χ0v) is 14.3. The first-order valence-corrected chi connectivity index (χ1v) is 8.39. The Balaban J connectivity index is 2.07. The van der Waals surface area contributed by atoms with E-state index < -0.39 is 12.0 Å². The number of hydrogen-bond acceptors (Lipinski definition) is 3. The minimum atomic E-state index is -0.897. The predicted molar refractivity (Wildman–Crippen MR) is 90.9 cm³/mol. The Morgan fingerprint density at radius 1 is 1.09 bits per heavy atom. The second-order valence-electron chi connectivity index (χ2n) is 7.41. The minimum Gasteiger partial charge on any atom is -0.480 e. The molecule has 0 spiro atoms. The normalized spacial score (nSPS) is 17.7. The lowest BCUT2D eigenvalue weighted by Gasteiger charge is -2.31. The molecule has 1 heterocycles. The van der Waals surface area contributed by atoms with Gasteiger partial charge in [-0.05, 0) is 36.9 Å². The van der Waals surface area contributed by atoms with E-state index in [2.05, 4.69) is 20.8 Å². The quantitative estimate of drug-likeness (QED) is 0.845. The van der Waals surface area contributed by atoms with Gasteiger partial charge < -0.3 is 5.11 Å². The first-order valence-electron chi connectivity index (χ1n) is 8.39. The van der Waals surface area contributed by atoms with Crippen LogP contribution in [0.4, 0.5) is 0 Å². The molecule has 0 amide bonds. The highest BCUT2D eigenvalue weighted by Crippen LogP contribution is 2.23. The summed E-state index contributed by atoms with van der Waals surface area (Å²) in [7, 11) is 0. The smallest absolute Gasteiger partial charge is 0.321 e. The van der Waals surface area contributed by atoms with E-state index in [1.165, 1.54) is 5.56 Å². The summed E-state index contributed by atoms with van der Waals surface area (Å²) in [6.07, 6.45) is 3.21. The number of carbonyl (C=O) groups excluding carboxylic acids is 1. The zero-order chi connectivity index (χ0) is 17.0. The molecule has 1 aromatic rings. The number of carboxylic acids is 1. The van der Waals surface area contributed by atoms with E-state index >= 15 is 0 Å². The van der Waals surface area contributed by atoms with Crippen LogP contribution in [-0.2, 0) is 10.2 Å². The van der Waals surface area contributed by atoms with Crippen molar-refractivity contribution in [2.24, 2.45) is 0 Å². The van der Waals surface area contributed by atoms with Crippen molar-refractivity contribution in [3.8, 4) is 0 Å². The summed E-state index contributed by atoms with van der Waals surface area (Å²) in [4.78, 5) is 26.0. The third-order valence-corrected chi connectivity index (χ3v) is 4.57. The Morgan fingerprint density at radius 3 is 2.13 bits per heavy atom. The van der Waals surface area contributed by atoms with Crippen molar-refractivity contribution in [2.45, 2.75) is 57.9 Å². The second-order valence-corrected chi connectivity index (χ2v) is 7.41. The molecule has 1 aromatic carbocycles. The van der Waals surface area contributed by atoms with Crippen LogP contribution in [0, 0.1) is 0 Å². The van der Waals surface area contributed by atoms with Crippen molar-refractivity contribution in [1.82, 2.24) is 4.90 Å². The van der Waals surface area contributed by atoms with E-state index in [1.54, 1.807) is 0 Å². The van der Waals surface area contributed by atoms with Crippen LogP contribution < -0.4 is 0 Å². The lowest BCUT2D eigenvalue weighted by molar-refractivity contribution is -0.143. The van der Waals surface area contributed by atoms with E-state index in [-0.39, 0.29) is 17.6 Å². The van der Waals surface area contributed by atoms with Gasteiger partial charge in [-0.25, -0.2) is 0 Å². The monoisotopic (exact) mass is 317 g/mol. The number of benzene rings is 1. The van der Waals surface area contributed by atoms with E-state index in [0.29, 0.717) is 5.56 Å². The second kappa shape index (κ2) is 7.26. The van der Waals surface area contributed by atoms with Crippen LogP contribution in [0.25, 0.3) is 0 Å². The topological polar surface area (TPSA) is 57.6 Å². The molecule has 4 heteroatoms. The Kier molecular flexibility index (Phi) is 5.58. The molecular weight excluding hydrogens is 290 g/mol. The van der Waals surface area contributed by atoms with Gasteiger partial charge in [0.1, 0.15) is 6.04 Å². The SMILES string of the molecule is CC(C)(C)c1ccc(C(=O)CC(C(=O)O)N2CCCCC2)cc1. The first-order chi connectivity index (χ1) is 10.8. The first kappa shape index (κ1) is 17.7. The highest BCUT2D eigenvalue weighted by atomic mass is 16.4. The van der Waals surface area contributed by atoms with Crippen LogP contribution >= 0.6 is 0 Å². The van der Waals surface area contributed by atoms with Gasteiger partial charge in [-0.3, -0.25) is 14.5 Å². The van der Waals surface area contributed by atoms with Crippen LogP contribution in [0.15, 0.2) is 24.3 Å². The van der Waals surface area contributed by atoms with E-state index in [1.807, 2.05) is 29.2 Å². The molecule has 0 aromatic heterocycles. The molecule has 1 aliphatic heterocycles. The number of ketones is 1. The predicted octanol–water partition coefficient (Wildman–Crippen LogP) is 3.50. The molecule has 1 saturated heterocycles. The number of carboxylic acid groups (broad SMARTS) is 1. The summed E-state index contributed by atoms with van der Waals surface area (Å²) in [5, 5.41) is 9.48. The lowest BCUT2D eigenvalue weighted by atomic mass is 9.86. The van der Waals surface area contributed by atoms with Gasteiger partial charge in [0.2, 0.25) is 0 Å². The van der Waals surface area contributed by atoms with Crippen LogP contribution in [0.1, 0.15) is 62.4 Å². The van der Waals surface area contributed by atoms with Crippen molar-refractivity contribution in [1.29, 1.82) is 0 Å². The van der Waals surface area contributed by atoms with E-state index in [9.17, 15) is 14.7 Å². The molecule has 1 aliphatic rings. The van der Waals surface area contributed by atoms with Gasteiger partial charge in [0.05, 0.1) is 0 Å². The number of carbonyl (C=O) groups is 2. The molecule has 23 heavy (non-hydrogen) atoms. The standard InChI is InChI=1S/C19H27NO3/c1-19(2,3)15-9-7-14(8-10-15)17(21)13-16(18(22)23)20-11-5-4-6-12-20/h7-10,16H,4-6,11-13H2,1-3H3,(H,22,23). The number of likely N-dealkylation sites (tertiary alicyclic amines) is 1. The Labute approximate surface area is 138 Å². The van der Waals surface area contributed by atoms with Gasteiger partial charge in [0.15, 0.2) is 5.78 Å². The maximum atomic E-state index is 12.5. The van der Waals surface area contributed by atoms with Crippen LogP contribution in [0.5, 0.6) is 0 Å². The molecule has 1 atom stereocenters. The third-order valence-electron chi connectivity index (χ3n) is 4.57. The fraction of sp³-hybridized carbons (Fsp3) is 0.579. The fourth-order valence-electron chi connectivity index (χ4n) is 3.05. The summed E-state index contributed by atoms with van der Waals surface area (Å²) in [5.74, 6) is -0.991. The maximum absolute atomic E-state index is 12.5. The summed E-state index contributed by atoms with van der Waals surface area (Å²) in [6, 6.07) is 6.86. The van der Waals surface area contributed by atoms with E-state index in [4.69, 9.17) is 0 Å². The number of nitrogens with zero attached hydrogens (tertiary/aromatic N) is 1. The Bertz CT molecular complexity index is 551. The number of piperidine rings is 1. The lowest BCUT2D eigenvalue weighted by Crippen LogP contribution is -2.45. The van der Waals surface area contributed by atoms with Crippen molar-refractivity contribution in [3.05, 3.63) is 35.4 Å². The molecule has 0 aliphatic carbocycles. The third kappa shape index (κ3) is 4.64. The summed E-state index contributed by atoms with van der Waals surface area (Å²) in [6.45, 7) is 7.92. The van der Waals surface area contributed by atoms with Crippen molar-refractivity contribution < 1.29 is 14.7 Å². The van der Waals surface area contributed by atoms with Crippen LogP contribution in [0.3, 0.4) is 0 Å². The van der Waals surface area contributed by atoms with E-state index in [0.717, 1.165) is 32.4 Å². The number of rotatable bonds is 5. The zero-order valence-electron chi connectivity index (χ0n) is 14.3. The van der Waals surface area contributed by atoms with Gasteiger partial charge in [-0.1, -0.05) is 51.5 Å². The average molecular weight is 317 g/mol. The number of hydrogen-bond donors (Lipinski definition) is 1. The van der Waals surface area contributed by atoms with Gasteiger partial charge >= 0.3 is 5.97 Å². The molecule has 1 N–H and O–H groups in total. The molecular formula is C19H27NO3. The molecule has 0 radical (unpaired) electrons. The summed E-state index contributed by atoms with van der Waals surface area (Å²) in [5.41, 5.74) is 1.81. The highest BCUT2D eigenvalue weighted by Gasteiger charge is 2.29. The van der Waals surface area contributed by atoms with Crippen molar-refractivity contribution in [3.63, 3.8) is 0 Å². The Hall–Kier alpha value is -1.68. The molecule has 1 fully saturated rings. The Morgan fingerprint density at radius 2 is 1.65 bits per heavy atom. The molecule has 1 unspecified atom stereocenters. The van der Waals surface area contributed by atoms with Crippen molar-refractivity contribution >= 4 is 11.8 Å². The maximum Gasteiger partial charge on any atom is 0.321 e. The van der Waals surface area contributed by atoms with Gasteiger partial charge in [0, 0.05) is 12.0 Å². The molecule has 2 rings (SSSR count). The molecule has 0 bridgehead atoms.